The van der Waals surface area contributed by atoms with E-state index in [-0.39, 0.29) is 41.0 Å². The van der Waals surface area contributed by atoms with Gasteiger partial charge in [0, 0.05) is 47.9 Å². The molecule has 2 aromatic carbocycles. The highest BCUT2D eigenvalue weighted by atomic mass is 16.3. The first-order chi connectivity index (χ1) is 18.8. The molecule has 0 bridgehead atoms. The van der Waals surface area contributed by atoms with E-state index in [0.717, 1.165) is 25.2 Å². The van der Waals surface area contributed by atoms with Gasteiger partial charge in [-0.2, -0.15) is 0 Å². The van der Waals surface area contributed by atoms with Gasteiger partial charge in [0.05, 0.1) is 17.6 Å². The second-order valence-corrected chi connectivity index (χ2v) is 10.2. The van der Waals surface area contributed by atoms with Gasteiger partial charge in [0.25, 0.3) is 11.8 Å². The highest BCUT2D eigenvalue weighted by Crippen LogP contribution is 2.25. The zero-order valence-corrected chi connectivity index (χ0v) is 22.2. The molecule has 1 aliphatic rings. The summed E-state index contributed by atoms with van der Waals surface area (Å²) in [6.07, 6.45) is 4.69. The predicted octanol–water partition coefficient (Wildman–Crippen LogP) is 3.37. The number of aromatic hydroxyl groups is 1. The lowest BCUT2D eigenvalue weighted by Crippen LogP contribution is -2.54. The first-order valence-corrected chi connectivity index (χ1v) is 13.3. The Morgan fingerprint density at radius 1 is 0.923 bits per heavy atom. The zero-order valence-electron chi connectivity index (χ0n) is 22.2. The number of hydrogen-bond acceptors (Lipinski definition) is 7. The molecule has 2 heterocycles. The average Bonchev–Trinajstić information content (AvgIpc) is 3.17. The van der Waals surface area contributed by atoms with Gasteiger partial charge in [-0.1, -0.05) is 26.0 Å². The molecule has 0 aliphatic carbocycles. The minimum atomic E-state index is -0.332. The van der Waals surface area contributed by atoms with Crippen LogP contribution in [0.4, 0.5) is 5.69 Å². The predicted molar refractivity (Wildman–Crippen MR) is 150 cm³/mol. The van der Waals surface area contributed by atoms with Gasteiger partial charge in [0.1, 0.15) is 5.75 Å². The van der Waals surface area contributed by atoms with Gasteiger partial charge in [-0.05, 0) is 67.8 Å². The summed E-state index contributed by atoms with van der Waals surface area (Å²) in [5.41, 5.74) is 2.22. The minimum absolute atomic E-state index is 0.0984. The molecule has 4 rings (SSSR count). The molecule has 0 radical (unpaired) electrons. The lowest BCUT2D eigenvalue weighted by atomic mass is 9.99. The summed E-state index contributed by atoms with van der Waals surface area (Å²) in [4.78, 5) is 42.9. The van der Waals surface area contributed by atoms with Crippen molar-refractivity contribution in [3.05, 3.63) is 89.2 Å². The van der Waals surface area contributed by atoms with Gasteiger partial charge in [-0.15, -0.1) is 0 Å². The summed E-state index contributed by atoms with van der Waals surface area (Å²) in [6, 6.07) is 14.0. The summed E-state index contributed by atoms with van der Waals surface area (Å²) in [5, 5.41) is 23.0. The Bertz CT molecular complexity index is 1290. The number of anilines is 1. The number of ketones is 1. The number of amides is 2. The number of phenolic OH excluding ortho intramolecular Hbond substituents is 1. The SMILES string of the molecule is CC(C)CNc1ccc(O)c(C(=O)c2ccc(C(=O)N[C@@H]3CCCNC[C@H]3NC(=O)c3ccncc3)cc2)c1. The standard InChI is InChI=1S/C30H35N5O4/c1-19(2)17-33-23-9-10-27(36)24(16-23)28(37)20-5-7-21(8-6-20)29(38)34-25-4-3-13-32-18-26(25)35-30(39)22-11-14-31-15-12-22/h5-12,14-16,19,25-26,32-33,36H,3-4,13,17-18H2,1-2H3,(H,34,38)(H,35,39)/t25-,26-/m1/s1. The molecule has 1 saturated heterocycles. The fraction of sp³-hybridized carbons (Fsp3) is 0.333. The zero-order chi connectivity index (χ0) is 27.8. The highest BCUT2D eigenvalue weighted by Gasteiger charge is 2.27. The Labute approximate surface area is 228 Å². The van der Waals surface area contributed by atoms with Crippen molar-refractivity contribution in [2.45, 2.75) is 38.8 Å². The Balaban J connectivity index is 1.43. The summed E-state index contributed by atoms with van der Waals surface area (Å²) >= 11 is 0. The lowest BCUT2D eigenvalue weighted by molar-refractivity contribution is 0.0882. The highest BCUT2D eigenvalue weighted by molar-refractivity contribution is 6.11. The van der Waals surface area contributed by atoms with Crippen LogP contribution >= 0.6 is 0 Å². The summed E-state index contributed by atoms with van der Waals surface area (Å²) < 4.78 is 0. The van der Waals surface area contributed by atoms with Crippen molar-refractivity contribution in [1.82, 2.24) is 20.9 Å². The van der Waals surface area contributed by atoms with E-state index >= 15 is 0 Å². The molecule has 0 saturated carbocycles. The second-order valence-electron chi connectivity index (χ2n) is 10.2. The van der Waals surface area contributed by atoms with E-state index in [1.807, 2.05) is 0 Å². The van der Waals surface area contributed by atoms with Crippen molar-refractivity contribution in [3.8, 4) is 5.75 Å². The number of hydrogen-bond donors (Lipinski definition) is 5. The number of pyridine rings is 1. The van der Waals surface area contributed by atoms with Crippen LogP contribution in [0.3, 0.4) is 0 Å². The van der Waals surface area contributed by atoms with E-state index in [1.165, 1.54) is 6.07 Å². The Morgan fingerprint density at radius 2 is 1.56 bits per heavy atom. The first-order valence-electron chi connectivity index (χ1n) is 13.3. The number of benzene rings is 2. The molecule has 0 unspecified atom stereocenters. The molecule has 3 aromatic rings. The van der Waals surface area contributed by atoms with Gasteiger partial charge in [0.2, 0.25) is 0 Å². The van der Waals surface area contributed by atoms with Crippen LogP contribution in [0.15, 0.2) is 67.0 Å². The molecule has 1 fully saturated rings. The number of nitrogens with zero attached hydrogens (tertiary/aromatic N) is 1. The van der Waals surface area contributed by atoms with E-state index in [0.29, 0.717) is 35.6 Å². The van der Waals surface area contributed by atoms with E-state index in [2.05, 4.69) is 40.1 Å². The molecule has 9 nitrogen and oxygen atoms in total. The van der Waals surface area contributed by atoms with Crippen LogP contribution in [0, 0.1) is 5.92 Å². The molecule has 39 heavy (non-hydrogen) atoms. The maximum Gasteiger partial charge on any atom is 0.251 e. The normalized spacial score (nSPS) is 17.2. The lowest BCUT2D eigenvalue weighted by Gasteiger charge is -2.27. The molecule has 1 aliphatic heterocycles. The Kier molecular flexibility index (Phi) is 9.27. The van der Waals surface area contributed by atoms with Crippen LogP contribution in [-0.2, 0) is 0 Å². The monoisotopic (exact) mass is 529 g/mol. The van der Waals surface area contributed by atoms with E-state index < -0.39 is 0 Å². The molecule has 9 heteroatoms. The molecular weight excluding hydrogens is 494 g/mol. The third kappa shape index (κ3) is 7.42. The van der Waals surface area contributed by atoms with Crippen LogP contribution in [0.25, 0.3) is 0 Å². The van der Waals surface area contributed by atoms with Crippen LogP contribution in [-0.4, -0.2) is 59.4 Å². The summed E-state index contributed by atoms with van der Waals surface area (Å²) in [7, 11) is 0. The smallest absolute Gasteiger partial charge is 0.251 e. The van der Waals surface area contributed by atoms with E-state index in [9.17, 15) is 19.5 Å². The average molecular weight is 530 g/mol. The van der Waals surface area contributed by atoms with Crippen LogP contribution < -0.4 is 21.3 Å². The van der Waals surface area contributed by atoms with Crippen molar-refractivity contribution >= 4 is 23.3 Å². The van der Waals surface area contributed by atoms with Gasteiger partial charge in [-0.3, -0.25) is 19.4 Å². The molecule has 2 amide bonds. The van der Waals surface area contributed by atoms with Crippen LogP contribution in [0.2, 0.25) is 0 Å². The fourth-order valence-corrected chi connectivity index (χ4v) is 4.46. The quantitative estimate of drug-likeness (QED) is 0.212. The van der Waals surface area contributed by atoms with E-state index in [4.69, 9.17) is 0 Å². The van der Waals surface area contributed by atoms with Gasteiger partial charge in [0.15, 0.2) is 5.78 Å². The Hall–Kier alpha value is -4.24. The minimum Gasteiger partial charge on any atom is -0.507 e. The van der Waals surface area contributed by atoms with Gasteiger partial charge < -0.3 is 26.4 Å². The number of carbonyl (C=O) groups excluding carboxylic acids is 3. The maximum absolute atomic E-state index is 13.1. The second kappa shape index (κ2) is 13.0. The van der Waals surface area contributed by atoms with Crippen molar-refractivity contribution < 1.29 is 19.5 Å². The number of nitrogens with one attached hydrogen (secondary N) is 4. The maximum atomic E-state index is 13.1. The number of phenols is 1. The van der Waals surface area contributed by atoms with Gasteiger partial charge in [-0.25, -0.2) is 0 Å². The third-order valence-corrected chi connectivity index (χ3v) is 6.66. The largest absolute Gasteiger partial charge is 0.507 e. The van der Waals surface area contributed by atoms with Crippen molar-refractivity contribution in [2.75, 3.05) is 25.0 Å². The van der Waals surface area contributed by atoms with Crippen LogP contribution in [0.1, 0.15) is 63.3 Å². The molecule has 2 atom stereocenters. The third-order valence-electron chi connectivity index (χ3n) is 6.66. The summed E-state index contributed by atoms with van der Waals surface area (Å²) in [5.74, 6) is -0.509. The molecule has 204 valence electrons. The van der Waals surface area contributed by atoms with Crippen molar-refractivity contribution in [3.63, 3.8) is 0 Å². The Morgan fingerprint density at radius 3 is 2.26 bits per heavy atom. The topological polar surface area (TPSA) is 132 Å². The molecule has 1 aromatic heterocycles. The fourth-order valence-electron chi connectivity index (χ4n) is 4.46. The van der Waals surface area contributed by atoms with E-state index in [1.54, 1.807) is 60.9 Å². The number of carbonyl (C=O) groups is 3. The number of aromatic nitrogens is 1. The van der Waals surface area contributed by atoms with Crippen LogP contribution in [0.5, 0.6) is 5.75 Å². The molecule has 0 spiro atoms. The molecular formula is C30H35N5O4. The molecule has 5 N–H and O–H groups in total. The van der Waals surface area contributed by atoms with Crippen molar-refractivity contribution in [2.24, 2.45) is 5.92 Å². The van der Waals surface area contributed by atoms with Gasteiger partial charge >= 0.3 is 0 Å². The first kappa shape index (κ1) is 27.8. The summed E-state index contributed by atoms with van der Waals surface area (Å²) in [6.45, 7) is 6.24. The number of rotatable bonds is 9. The van der Waals surface area contributed by atoms with Crippen molar-refractivity contribution in [1.29, 1.82) is 0 Å².